The van der Waals surface area contributed by atoms with Gasteiger partial charge in [0.25, 0.3) is 5.91 Å². The number of phenols is 1. The number of carbonyl (C=O) groups excluding carboxylic acids is 1. The van der Waals surface area contributed by atoms with E-state index in [2.05, 4.69) is 26.5 Å². The number of benzene rings is 1. The minimum Gasteiger partial charge on any atom is -0.508 e. The third kappa shape index (κ3) is 4.15. The number of aromatic hydroxyl groups is 1. The van der Waals surface area contributed by atoms with Gasteiger partial charge in [0.1, 0.15) is 5.75 Å². The smallest absolute Gasteiger partial charge is 0.271 e. The van der Waals surface area contributed by atoms with E-state index in [1.165, 1.54) is 5.57 Å². The maximum absolute atomic E-state index is 11.9. The van der Waals surface area contributed by atoms with Gasteiger partial charge >= 0.3 is 0 Å². The maximum atomic E-state index is 11.9. The van der Waals surface area contributed by atoms with Gasteiger partial charge in [-0.2, -0.15) is 0 Å². The van der Waals surface area contributed by atoms with Crippen LogP contribution in [0.2, 0.25) is 0 Å². The molecule has 2 N–H and O–H groups in total. The molecule has 6 heteroatoms. The molecule has 1 aliphatic rings. The minimum atomic E-state index is -0.206. The molecular formula is C19H22N4O2. The molecule has 0 spiro atoms. The van der Waals surface area contributed by atoms with E-state index in [9.17, 15) is 9.90 Å². The van der Waals surface area contributed by atoms with E-state index in [0.717, 1.165) is 30.9 Å². The quantitative estimate of drug-likeness (QED) is 0.896. The number of phenolic OH excluding ortho intramolecular Hbond substituents is 1. The van der Waals surface area contributed by atoms with E-state index in [0.29, 0.717) is 5.69 Å². The van der Waals surface area contributed by atoms with Crippen LogP contribution in [-0.4, -0.2) is 40.3 Å². The fourth-order valence-corrected chi connectivity index (χ4v) is 2.77. The Kier molecular flexibility index (Phi) is 4.97. The van der Waals surface area contributed by atoms with Crippen molar-refractivity contribution in [2.75, 3.05) is 18.0 Å². The highest BCUT2D eigenvalue weighted by Crippen LogP contribution is 2.25. The number of hydrogen-bond donors (Lipinski definition) is 2. The second kappa shape index (κ2) is 7.34. The van der Waals surface area contributed by atoms with Gasteiger partial charge in [0, 0.05) is 19.1 Å². The summed E-state index contributed by atoms with van der Waals surface area (Å²) in [7, 11) is 0. The number of carbonyl (C=O) groups is 1. The number of nitrogens with zero attached hydrogens (tertiary/aromatic N) is 3. The van der Waals surface area contributed by atoms with Gasteiger partial charge in [-0.1, -0.05) is 18.2 Å². The molecule has 0 atom stereocenters. The standard InChI is InChI=1S/C19H22N4O2/c1-13(2)20-19(25)17-7-8-18(22-21-17)23-11-9-15(10-12-23)14-3-5-16(24)6-4-14/h3-9,13,24H,10-12H2,1-2H3,(H,20,25). The Morgan fingerprint density at radius 3 is 2.48 bits per heavy atom. The normalized spacial score (nSPS) is 14.4. The topological polar surface area (TPSA) is 78.4 Å². The second-order valence-corrected chi connectivity index (χ2v) is 6.38. The Bertz CT molecular complexity index is 767. The van der Waals surface area contributed by atoms with Crippen LogP contribution in [0.4, 0.5) is 5.82 Å². The molecule has 130 valence electrons. The van der Waals surface area contributed by atoms with E-state index in [-0.39, 0.29) is 17.7 Å². The summed E-state index contributed by atoms with van der Waals surface area (Å²) in [6, 6.07) is 10.9. The first-order valence-corrected chi connectivity index (χ1v) is 8.41. The van der Waals surface area contributed by atoms with Crippen molar-refractivity contribution in [3.63, 3.8) is 0 Å². The molecule has 0 saturated carbocycles. The van der Waals surface area contributed by atoms with Gasteiger partial charge in [0.05, 0.1) is 0 Å². The van der Waals surface area contributed by atoms with Gasteiger partial charge in [0.2, 0.25) is 0 Å². The third-order valence-corrected chi connectivity index (χ3v) is 4.07. The number of hydrogen-bond acceptors (Lipinski definition) is 5. The van der Waals surface area contributed by atoms with Crippen molar-refractivity contribution >= 4 is 17.3 Å². The van der Waals surface area contributed by atoms with Gasteiger partial charge in [-0.25, -0.2) is 0 Å². The van der Waals surface area contributed by atoms with Crippen LogP contribution in [0.3, 0.4) is 0 Å². The van der Waals surface area contributed by atoms with Crippen molar-refractivity contribution in [2.45, 2.75) is 26.3 Å². The molecule has 0 radical (unpaired) electrons. The van der Waals surface area contributed by atoms with Crippen molar-refractivity contribution in [2.24, 2.45) is 0 Å². The van der Waals surface area contributed by atoms with E-state index < -0.39 is 0 Å². The van der Waals surface area contributed by atoms with Crippen molar-refractivity contribution in [1.82, 2.24) is 15.5 Å². The average molecular weight is 338 g/mol. The summed E-state index contributed by atoms with van der Waals surface area (Å²) in [4.78, 5) is 14.0. The van der Waals surface area contributed by atoms with Crippen LogP contribution in [-0.2, 0) is 0 Å². The number of aromatic nitrogens is 2. The predicted octanol–water partition coefficient (Wildman–Crippen LogP) is 2.61. The Labute approximate surface area is 147 Å². The van der Waals surface area contributed by atoms with E-state index in [4.69, 9.17) is 0 Å². The van der Waals surface area contributed by atoms with Crippen molar-refractivity contribution in [1.29, 1.82) is 0 Å². The highest BCUT2D eigenvalue weighted by atomic mass is 16.3. The number of amides is 1. The lowest BCUT2D eigenvalue weighted by molar-refractivity contribution is 0.0937. The second-order valence-electron chi connectivity index (χ2n) is 6.38. The zero-order chi connectivity index (χ0) is 17.8. The molecule has 2 aromatic rings. The summed E-state index contributed by atoms with van der Waals surface area (Å²) in [6.07, 6.45) is 3.05. The molecule has 6 nitrogen and oxygen atoms in total. The fourth-order valence-electron chi connectivity index (χ4n) is 2.77. The average Bonchev–Trinajstić information content (AvgIpc) is 2.62. The number of anilines is 1. The molecule has 0 saturated heterocycles. The molecule has 0 bridgehead atoms. The Balaban J connectivity index is 1.66. The van der Waals surface area contributed by atoms with Crippen molar-refractivity contribution in [3.05, 3.63) is 53.7 Å². The lowest BCUT2D eigenvalue weighted by Gasteiger charge is -2.27. The van der Waals surface area contributed by atoms with Crippen molar-refractivity contribution in [3.8, 4) is 5.75 Å². The van der Waals surface area contributed by atoms with Crippen LogP contribution >= 0.6 is 0 Å². The Morgan fingerprint density at radius 1 is 1.16 bits per heavy atom. The van der Waals surface area contributed by atoms with E-state index in [1.54, 1.807) is 18.2 Å². The first-order chi connectivity index (χ1) is 12.0. The zero-order valence-electron chi connectivity index (χ0n) is 14.4. The Hall–Kier alpha value is -2.89. The van der Waals surface area contributed by atoms with Crippen LogP contribution < -0.4 is 10.2 Å². The van der Waals surface area contributed by atoms with Crippen molar-refractivity contribution < 1.29 is 9.90 Å². The van der Waals surface area contributed by atoms with Gasteiger partial charge in [-0.05, 0) is 55.7 Å². The van der Waals surface area contributed by atoms with E-state index in [1.807, 2.05) is 32.0 Å². The molecule has 25 heavy (non-hydrogen) atoms. The van der Waals surface area contributed by atoms with Gasteiger partial charge in [-0.3, -0.25) is 4.79 Å². The molecule has 0 unspecified atom stereocenters. The highest BCUT2D eigenvalue weighted by Gasteiger charge is 2.16. The largest absolute Gasteiger partial charge is 0.508 e. The van der Waals surface area contributed by atoms with Crippen LogP contribution in [0.15, 0.2) is 42.5 Å². The molecule has 1 aromatic carbocycles. The predicted molar refractivity (Wildman–Crippen MR) is 97.5 cm³/mol. The van der Waals surface area contributed by atoms with Crippen LogP contribution in [0.1, 0.15) is 36.3 Å². The van der Waals surface area contributed by atoms with E-state index >= 15 is 0 Å². The molecule has 2 heterocycles. The molecule has 0 fully saturated rings. The fraction of sp³-hybridized carbons (Fsp3) is 0.316. The molecular weight excluding hydrogens is 316 g/mol. The monoisotopic (exact) mass is 338 g/mol. The summed E-state index contributed by atoms with van der Waals surface area (Å²) in [5.74, 6) is 0.836. The summed E-state index contributed by atoms with van der Waals surface area (Å²) >= 11 is 0. The third-order valence-electron chi connectivity index (χ3n) is 4.07. The molecule has 0 aliphatic carbocycles. The number of rotatable bonds is 4. The summed E-state index contributed by atoms with van der Waals surface area (Å²) < 4.78 is 0. The SMILES string of the molecule is CC(C)NC(=O)c1ccc(N2CC=C(c3ccc(O)cc3)CC2)nn1. The van der Waals surface area contributed by atoms with Gasteiger partial charge in [-0.15, -0.1) is 10.2 Å². The maximum Gasteiger partial charge on any atom is 0.271 e. The summed E-state index contributed by atoms with van der Waals surface area (Å²) in [6.45, 7) is 5.39. The van der Waals surface area contributed by atoms with Crippen LogP contribution in [0.25, 0.3) is 5.57 Å². The highest BCUT2D eigenvalue weighted by molar-refractivity contribution is 5.92. The first kappa shape index (κ1) is 17.0. The van der Waals surface area contributed by atoms with Gasteiger partial charge < -0.3 is 15.3 Å². The number of nitrogens with one attached hydrogen (secondary N) is 1. The first-order valence-electron chi connectivity index (χ1n) is 8.41. The molecule has 3 rings (SSSR count). The lowest BCUT2D eigenvalue weighted by Crippen LogP contribution is -2.32. The summed E-state index contributed by atoms with van der Waals surface area (Å²) in [5, 5.41) is 20.4. The zero-order valence-corrected chi connectivity index (χ0v) is 14.4. The molecule has 1 aromatic heterocycles. The molecule has 1 amide bonds. The van der Waals surface area contributed by atoms with Crippen LogP contribution in [0.5, 0.6) is 5.75 Å². The van der Waals surface area contributed by atoms with Gasteiger partial charge in [0.15, 0.2) is 11.5 Å². The molecule has 1 aliphatic heterocycles. The lowest BCUT2D eigenvalue weighted by atomic mass is 9.99. The Morgan fingerprint density at radius 2 is 1.92 bits per heavy atom. The van der Waals surface area contributed by atoms with Crippen LogP contribution in [0, 0.1) is 0 Å². The summed E-state index contributed by atoms with van der Waals surface area (Å²) in [5.41, 5.74) is 2.72. The minimum absolute atomic E-state index is 0.0690.